The molecule has 0 aliphatic carbocycles. The van der Waals surface area contributed by atoms with Crippen molar-refractivity contribution in [1.29, 1.82) is 0 Å². The molecule has 6 nitrogen and oxygen atoms in total. The van der Waals surface area contributed by atoms with Crippen LogP contribution in [0.4, 0.5) is 0 Å². The second kappa shape index (κ2) is 5.14. The Morgan fingerprint density at radius 3 is 2.90 bits per heavy atom. The summed E-state index contributed by atoms with van der Waals surface area (Å²) in [5, 5.41) is 12.1. The van der Waals surface area contributed by atoms with Crippen LogP contribution in [0.3, 0.4) is 0 Å². The first-order valence-corrected chi connectivity index (χ1v) is 6.78. The topological polar surface area (TPSA) is 83.3 Å². The molecule has 21 heavy (non-hydrogen) atoms. The molecular formula is C15H16N4O2. The lowest BCUT2D eigenvalue weighted by atomic mass is 9.97. The number of aromatic nitrogens is 4. The first-order valence-electron chi connectivity index (χ1n) is 6.78. The minimum atomic E-state index is -0.142. The highest BCUT2D eigenvalue weighted by Crippen LogP contribution is 2.25. The average molecular weight is 284 g/mol. The van der Waals surface area contributed by atoms with Gasteiger partial charge in [0, 0.05) is 11.1 Å². The predicted octanol–water partition coefficient (Wildman–Crippen LogP) is 1.70. The highest BCUT2D eigenvalue weighted by molar-refractivity contribution is 5.65. The molecule has 6 heteroatoms. The van der Waals surface area contributed by atoms with E-state index in [-0.39, 0.29) is 18.1 Å². The van der Waals surface area contributed by atoms with Crippen molar-refractivity contribution >= 4 is 5.78 Å². The monoisotopic (exact) mass is 284 g/mol. The highest BCUT2D eigenvalue weighted by Gasteiger charge is 2.18. The van der Waals surface area contributed by atoms with Crippen LogP contribution in [0.5, 0.6) is 0 Å². The van der Waals surface area contributed by atoms with E-state index in [9.17, 15) is 9.90 Å². The summed E-state index contributed by atoms with van der Waals surface area (Å²) < 4.78 is 1.34. The molecule has 3 aromatic rings. The zero-order valence-electron chi connectivity index (χ0n) is 11.9. The first-order chi connectivity index (χ1) is 10.1. The summed E-state index contributed by atoms with van der Waals surface area (Å²) in [5.41, 5.74) is 2.71. The number of rotatable bonds is 3. The molecular weight excluding hydrogens is 268 g/mol. The number of fused-ring (bicyclic) bond motifs is 1. The molecule has 0 bridgehead atoms. The van der Waals surface area contributed by atoms with Crippen LogP contribution in [0, 0.1) is 0 Å². The Balaban J connectivity index is 2.34. The lowest BCUT2D eigenvalue weighted by molar-refractivity contribution is 0.282. The van der Waals surface area contributed by atoms with E-state index in [1.54, 1.807) is 0 Å². The number of aromatic amines is 1. The smallest absolute Gasteiger partial charge is 0.278 e. The zero-order chi connectivity index (χ0) is 15.0. The third-order valence-corrected chi connectivity index (χ3v) is 3.43. The largest absolute Gasteiger partial charge is 0.392 e. The number of H-pyrrole nitrogens is 1. The van der Waals surface area contributed by atoms with Crippen molar-refractivity contribution in [2.75, 3.05) is 0 Å². The molecule has 0 fully saturated rings. The molecule has 2 N–H and O–H groups in total. The van der Waals surface area contributed by atoms with Gasteiger partial charge in [0.05, 0.1) is 12.3 Å². The van der Waals surface area contributed by atoms with Crippen LogP contribution in [0.15, 0.2) is 35.4 Å². The fourth-order valence-electron chi connectivity index (χ4n) is 2.43. The molecule has 2 aromatic heterocycles. The molecule has 3 rings (SSSR count). The van der Waals surface area contributed by atoms with Gasteiger partial charge >= 0.3 is 0 Å². The van der Waals surface area contributed by atoms with Crippen LogP contribution in [0.1, 0.15) is 30.9 Å². The van der Waals surface area contributed by atoms with Crippen LogP contribution in [-0.2, 0) is 6.61 Å². The van der Waals surface area contributed by atoms with E-state index in [1.165, 1.54) is 10.8 Å². The molecule has 2 heterocycles. The lowest BCUT2D eigenvalue weighted by Gasteiger charge is -2.12. The fraction of sp³-hybridized carbons (Fsp3) is 0.267. The summed E-state index contributed by atoms with van der Waals surface area (Å²) in [6, 6.07) is 7.41. The number of aliphatic hydroxyl groups is 1. The normalized spacial score (nSPS) is 11.4. The van der Waals surface area contributed by atoms with Crippen molar-refractivity contribution in [3.05, 3.63) is 52.1 Å². The van der Waals surface area contributed by atoms with Gasteiger partial charge < -0.3 is 5.11 Å². The molecule has 0 aliphatic rings. The number of hydrogen-bond acceptors (Lipinski definition) is 4. The van der Waals surface area contributed by atoms with Gasteiger partial charge in [-0.25, -0.2) is 9.97 Å². The maximum atomic E-state index is 12.6. The molecule has 0 spiro atoms. The van der Waals surface area contributed by atoms with Crippen LogP contribution in [0.2, 0.25) is 0 Å². The number of aliphatic hydroxyl groups excluding tert-OH is 1. The number of nitrogens with one attached hydrogen (secondary N) is 1. The second-order valence-corrected chi connectivity index (χ2v) is 5.22. The molecule has 0 saturated carbocycles. The minimum absolute atomic E-state index is 0.0259. The van der Waals surface area contributed by atoms with E-state index in [0.29, 0.717) is 17.0 Å². The molecule has 0 unspecified atom stereocenters. The van der Waals surface area contributed by atoms with E-state index >= 15 is 0 Å². The molecule has 0 amide bonds. The van der Waals surface area contributed by atoms with Gasteiger partial charge in [0.2, 0.25) is 0 Å². The Morgan fingerprint density at radius 2 is 2.19 bits per heavy atom. The van der Waals surface area contributed by atoms with E-state index in [4.69, 9.17) is 0 Å². The Labute approximate surface area is 121 Å². The van der Waals surface area contributed by atoms with Crippen LogP contribution in [0.25, 0.3) is 17.0 Å². The Hall–Kier alpha value is -2.47. The van der Waals surface area contributed by atoms with Crippen molar-refractivity contribution in [3.63, 3.8) is 0 Å². The molecule has 108 valence electrons. The Morgan fingerprint density at radius 1 is 1.38 bits per heavy atom. The van der Waals surface area contributed by atoms with Gasteiger partial charge in [0.15, 0.2) is 0 Å². The van der Waals surface area contributed by atoms with E-state index in [2.05, 4.69) is 15.1 Å². The van der Waals surface area contributed by atoms with Gasteiger partial charge in [-0.2, -0.15) is 4.52 Å². The molecule has 0 saturated heterocycles. The van der Waals surface area contributed by atoms with E-state index < -0.39 is 0 Å². The van der Waals surface area contributed by atoms with E-state index in [0.717, 1.165) is 11.1 Å². The van der Waals surface area contributed by atoms with Gasteiger partial charge in [0.25, 0.3) is 11.3 Å². The van der Waals surface area contributed by atoms with Crippen molar-refractivity contribution < 1.29 is 5.11 Å². The minimum Gasteiger partial charge on any atom is -0.392 e. The summed E-state index contributed by atoms with van der Waals surface area (Å²) in [6.07, 6.45) is 1.45. The maximum Gasteiger partial charge on any atom is 0.278 e. The van der Waals surface area contributed by atoms with Gasteiger partial charge in [-0.15, -0.1) is 0 Å². The fourth-order valence-corrected chi connectivity index (χ4v) is 2.43. The Kier molecular flexibility index (Phi) is 3.31. The summed E-state index contributed by atoms with van der Waals surface area (Å²) in [4.78, 5) is 21.1. The van der Waals surface area contributed by atoms with E-state index in [1.807, 2.05) is 38.1 Å². The molecule has 0 radical (unpaired) electrons. The van der Waals surface area contributed by atoms with Crippen LogP contribution < -0.4 is 5.56 Å². The van der Waals surface area contributed by atoms with Gasteiger partial charge in [-0.05, 0) is 17.5 Å². The SMILES string of the molecule is CC(C)c1c(-c2cccc(CO)c2)nc2nc[nH]n2c1=O. The summed E-state index contributed by atoms with van der Waals surface area (Å²) in [5.74, 6) is 0.367. The van der Waals surface area contributed by atoms with Gasteiger partial charge in [-0.3, -0.25) is 9.89 Å². The number of nitrogens with zero attached hydrogens (tertiary/aromatic N) is 3. The maximum absolute atomic E-state index is 12.6. The van der Waals surface area contributed by atoms with Crippen molar-refractivity contribution in [1.82, 2.24) is 19.6 Å². The third-order valence-electron chi connectivity index (χ3n) is 3.43. The summed E-state index contributed by atoms with van der Waals surface area (Å²) >= 11 is 0. The standard InChI is InChI=1S/C15H16N4O2/c1-9(2)12-13(11-5-3-4-10(6-11)7-20)18-15-16-8-17-19(15)14(12)21/h3-6,8-9,20H,7H2,1-2H3,(H,16,17,18). The van der Waals surface area contributed by atoms with Crippen LogP contribution in [-0.4, -0.2) is 24.7 Å². The quantitative estimate of drug-likeness (QED) is 0.767. The third kappa shape index (κ3) is 2.23. The zero-order valence-corrected chi connectivity index (χ0v) is 11.9. The van der Waals surface area contributed by atoms with Gasteiger partial charge in [0.1, 0.15) is 6.33 Å². The number of hydrogen-bond donors (Lipinski definition) is 2. The average Bonchev–Trinajstić information content (AvgIpc) is 2.95. The van der Waals surface area contributed by atoms with Crippen molar-refractivity contribution in [2.45, 2.75) is 26.4 Å². The lowest BCUT2D eigenvalue weighted by Crippen LogP contribution is -2.22. The second-order valence-electron chi connectivity index (χ2n) is 5.22. The van der Waals surface area contributed by atoms with Crippen LogP contribution >= 0.6 is 0 Å². The molecule has 0 atom stereocenters. The predicted molar refractivity (Wildman–Crippen MR) is 79.1 cm³/mol. The molecule has 1 aromatic carbocycles. The summed E-state index contributed by atoms with van der Waals surface area (Å²) in [7, 11) is 0. The molecule has 0 aliphatic heterocycles. The van der Waals surface area contributed by atoms with Gasteiger partial charge in [-0.1, -0.05) is 32.0 Å². The summed E-state index contributed by atoms with van der Waals surface area (Å²) in [6.45, 7) is 3.87. The Bertz CT molecular complexity index is 848. The number of benzene rings is 1. The van der Waals surface area contributed by atoms with Crippen molar-refractivity contribution in [3.8, 4) is 11.3 Å². The highest BCUT2D eigenvalue weighted by atomic mass is 16.3. The first kappa shape index (κ1) is 13.5. The van der Waals surface area contributed by atoms with Crippen molar-refractivity contribution in [2.24, 2.45) is 0 Å².